The van der Waals surface area contributed by atoms with Crippen molar-refractivity contribution in [2.24, 2.45) is 11.8 Å². The Labute approximate surface area is 164 Å². The molecule has 0 radical (unpaired) electrons. The Morgan fingerprint density at radius 2 is 1.71 bits per heavy atom. The lowest BCUT2D eigenvalue weighted by atomic mass is 9.64. The maximum absolute atomic E-state index is 12.3. The maximum Gasteiger partial charge on any atom is 0.573 e. The molecule has 2 aromatic carbocycles. The quantitative estimate of drug-likeness (QED) is 0.527. The zero-order valence-corrected chi connectivity index (χ0v) is 16.3. The summed E-state index contributed by atoms with van der Waals surface area (Å²) in [6.45, 7) is 2.28. The number of fused-ring (bicyclic) bond motifs is 3. The van der Waals surface area contributed by atoms with Gasteiger partial charge in [-0.2, -0.15) is 0 Å². The zero-order valence-electron chi connectivity index (χ0n) is 16.3. The summed E-state index contributed by atoms with van der Waals surface area (Å²) in [7, 11) is 0. The minimum absolute atomic E-state index is 0.180. The summed E-state index contributed by atoms with van der Waals surface area (Å²) in [5.41, 5.74) is 4.91. The molecule has 3 atom stereocenters. The van der Waals surface area contributed by atoms with E-state index >= 15 is 0 Å². The largest absolute Gasteiger partial charge is 0.573 e. The van der Waals surface area contributed by atoms with Crippen LogP contribution in [-0.4, -0.2) is 6.36 Å². The smallest absolute Gasteiger partial charge is 0.406 e. The lowest BCUT2D eigenvalue weighted by molar-refractivity contribution is -0.274. The molecule has 4 rings (SSSR count). The molecule has 0 N–H and O–H groups in total. The van der Waals surface area contributed by atoms with Crippen LogP contribution in [0.1, 0.15) is 62.5 Å². The summed E-state index contributed by atoms with van der Waals surface area (Å²) < 4.78 is 41.0. The van der Waals surface area contributed by atoms with Crippen LogP contribution < -0.4 is 4.74 Å². The van der Waals surface area contributed by atoms with Crippen molar-refractivity contribution in [2.45, 2.75) is 64.1 Å². The van der Waals surface area contributed by atoms with Crippen molar-refractivity contribution in [3.05, 3.63) is 53.6 Å². The van der Waals surface area contributed by atoms with Crippen molar-refractivity contribution < 1.29 is 17.9 Å². The number of aryl methyl sites for hydroxylation is 1. The summed E-state index contributed by atoms with van der Waals surface area (Å²) in [6.07, 6.45) is 4.39. The van der Waals surface area contributed by atoms with E-state index in [4.69, 9.17) is 0 Å². The molecule has 0 aromatic heterocycles. The molecular weight excluding hydrogens is 361 g/mol. The SMILES string of the molecule is CCC[C@@H]1CC[C@@H]2c3ccc(-c4ccc(OC(F)(F)F)cc4)cc3CC[C@@H]2C1. The zero-order chi connectivity index (χ0) is 19.7. The molecule has 2 aliphatic rings. The average Bonchev–Trinajstić information content (AvgIpc) is 2.67. The van der Waals surface area contributed by atoms with Gasteiger partial charge in [0.05, 0.1) is 0 Å². The molecule has 150 valence electrons. The normalized spacial score (nSPS) is 24.4. The highest BCUT2D eigenvalue weighted by molar-refractivity contribution is 5.66. The van der Waals surface area contributed by atoms with Crippen LogP contribution in [0.2, 0.25) is 0 Å². The molecule has 1 fully saturated rings. The van der Waals surface area contributed by atoms with E-state index in [2.05, 4.69) is 29.9 Å². The van der Waals surface area contributed by atoms with E-state index in [9.17, 15) is 13.2 Å². The predicted molar refractivity (Wildman–Crippen MR) is 105 cm³/mol. The van der Waals surface area contributed by atoms with Gasteiger partial charge in [0, 0.05) is 0 Å². The topological polar surface area (TPSA) is 9.23 Å². The van der Waals surface area contributed by atoms with Crippen LogP contribution in [0.3, 0.4) is 0 Å². The molecule has 0 amide bonds. The van der Waals surface area contributed by atoms with Crippen LogP contribution in [0.25, 0.3) is 11.1 Å². The molecule has 2 aromatic rings. The Bertz CT molecular complexity index is 810. The minimum Gasteiger partial charge on any atom is -0.406 e. The van der Waals surface area contributed by atoms with Crippen molar-refractivity contribution in [1.29, 1.82) is 0 Å². The Morgan fingerprint density at radius 1 is 0.964 bits per heavy atom. The molecule has 2 aliphatic carbocycles. The number of ether oxygens (including phenoxy) is 1. The lowest BCUT2D eigenvalue weighted by Gasteiger charge is -2.40. The fourth-order valence-electron chi connectivity index (χ4n) is 5.31. The van der Waals surface area contributed by atoms with Crippen LogP contribution in [-0.2, 0) is 6.42 Å². The van der Waals surface area contributed by atoms with Gasteiger partial charge in [-0.25, -0.2) is 0 Å². The van der Waals surface area contributed by atoms with Gasteiger partial charge >= 0.3 is 6.36 Å². The Hall–Kier alpha value is -1.97. The summed E-state index contributed by atoms with van der Waals surface area (Å²) in [4.78, 5) is 0. The van der Waals surface area contributed by atoms with E-state index in [1.165, 1.54) is 61.8 Å². The van der Waals surface area contributed by atoms with Crippen molar-refractivity contribution in [2.75, 3.05) is 0 Å². The van der Waals surface area contributed by atoms with Gasteiger partial charge in [-0.3, -0.25) is 0 Å². The summed E-state index contributed by atoms with van der Waals surface area (Å²) in [5.74, 6) is 2.24. The van der Waals surface area contributed by atoms with Crippen molar-refractivity contribution in [3.63, 3.8) is 0 Å². The molecule has 28 heavy (non-hydrogen) atoms. The molecule has 1 saturated carbocycles. The van der Waals surface area contributed by atoms with Crippen molar-refractivity contribution in [1.82, 2.24) is 0 Å². The standard InChI is InChI=1S/C24H27F3O/c1-2-3-16-4-12-22-19(14-16)5-6-20-15-18(9-13-23(20)22)17-7-10-21(11-8-17)28-24(25,26)27/h7-11,13,15-16,19,22H,2-6,12,14H2,1H3/t16-,19-,22+/m1/s1. The second kappa shape index (κ2) is 7.81. The molecule has 0 heterocycles. The molecule has 0 aliphatic heterocycles. The first-order valence-corrected chi connectivity index (χ1v) is 10.4. The molecule has 0 bridgehead atoms. The van der Waals surface area contributed by atoms with Gasteiger partial charge in [-0.05, 0) is 84.2 Å². The highest BCUT2D eigenvalue weighted by Gasteiger charge is 2.35. The second-order valence-corrected chi connectivity index (χ2v) is 8.36. The van der Waals surface area contributed by atoms with E-state index in [-0.39, 0.29) is 5.75 Å². The summed E-state index contributed by atoms with van der Waals surface area (Å²) >= 11 is 0. The van der Waals surface area contributed by atoms with E-state index in [1.54, 1.807) is 12.1 Å². The highest BCUT2D eigenvalue weighted by Crippen LogP contribution is 2.48. The summed E-state index contributed by atoms with van der Waals surface area (Å²) in [5, 5.41) is 0. The number of hydrogen-bond donors (Lipinski definition) is 0. The third-order valence-electron chi connectivity index (χ3n) is 6.54. The van der Waals surface area contributed by atoms with Crippen LogP contribution in [0, 0.1) is 11.8 Å². The minimum atomic E-state index is -4.65. The highest BCUT2D eigenvalue weighted by atomic mass is 19.4. The molecular formula is C24H27F3O. The average molecular weight is 388 g/mol. The number of hydrogen-bond acceptors (Lipinski definition) is 1. The number of halogens is 3. The summed E-state index contributed by atoms with van der Waals surface area (Å²) in [6, 6.07) is 12.8. The first-order chi connectivity index (χ1) is 13.4. The van der Waals surface area contributed by atoms with Crippen LogP contribution >= 0.6 is 0 Å². The van der Waals surface area contributed by atoms with E-state index in [1.807, 2.05) is 0 Å². The van der Waals surface area contributed by atoms with E-state index < -0.39 is 6.36 Å². The van der Waals surface area contributed by atoms with Gasteiger partial charge in [0.25, 0.3) is 0 Å². The third-order valence-corrected chi connectivity index (χ3v) is 6.54. The van der Waals surface area contributed by atoms with E-state index in [0.29, 0.717) is 5.92 Å². The number of rotatable bonds is 4. The van der Waals surface area contributed by atoms with Gasteiger partial charge in [0.2, 0.25) is 0 Å². The lowest BCUT2D eigenvalue weighted by Crippen LogP contribution is -2.28. The Morgan fingerprint density at radius 3 is 2.43 bits per heavy atom. The third kappa shape index (κ3) is 4.21. The van der Waals surface area contributed by atoms with Gasteiger partial charge < -0.3 is 4.74 Å². The Balaban J connectivity index is 1.51. The van der Waals surface area contributed by atoms with Gasteiger partial charge in [-0.1, -0.05) is 50.1 Å². The molecule has 1 nitrogen and oxygen atoms in total. The van der Waals surface area contributed by atoms with Gasteiger partial charge in [0.1, 0.15) is 5.75 Å². The second-order valence-electron chi connectivity index (χ2n) is 8.36. The number of benzene rings is 2. The first-order valence-electron chi connectivity index (χ1n) is 10.4. The Kier molecular flexibility index (Phi) is 5.39. The van der Waals surface area contributed by atoms with Crippen LogP contribution in [0.15, 0.2) is 42.5 Å². The molecule has 0 spiro atoms. The fraction of sp³-hybridized carbons (Fsp3) is 0.500. The van der Waals surface area contributed by atoms with Crippen molar-refractivity contribution >= 4 is 0 Å². The number of alkyl halides is 3. The van der Waals surface area contributed by atoms with Gasteiger partial charge in [-0.15, -0.1) is 13.2 Å². The fourth-order valence-corrected chi connectivity index (χ4v) is 5.31. The van der Waals surface area contributed by atoms with Gasteiger partial charge in [0.15, 0.2) is 0 Å². The van der Waals surface area contributed by atoms with Crippen molar-refractivity contribution in [3.8, 4) is 16.9 Å². The monoisotopic (exact) mass is 388 g/mol. The van der Waals surface area contributed by atoms with Crippen LogP contribution in [0.4, 0.5) is 13.2 Å². The maximum atomic E-state index is 12.3. The van der Waals surface area contributed by atoms with E-state index in [0.717, 1.165) is 29.4 Å². The van der Waals surface area contributed by atoms with Crippen LogP contribution in [0.5, 0.6) is 5.75 Å². The molecule has 0 saturated heterocycles. The molecule has 0 unspecified atom stereocenters. The predicted octanol–water partition coefficient (Wildman–Crippen LogP) is 7.50. The molecule has 4 heteroatoms. The first kappa shape index (κ1) is 19.4.